The molecule has 0 aromatic rings. The van der Waals surface area contributed by atoms with Crippen molar-refractivity contribution in [1.29, 1.82) is 0 Å². The molecule has 0 saturated heterocycles. The van der Waals surface area contributed by atoms with Gasteiger partial charge < -0.3 is 9.47 Å². The minimum Gasteiger partial charge on any atom is -0.382 e. The van der Waals surface area contributed by atoms with Gasteiger partial charge in [-0.05, 0) is 31.6 Å². The molecule has 2 atom stereocenters. The quantitative estimate of drug-likeness (QED) is 0.485. The van der Waals surface area contributed by atoms with Gasteiger partial charge in [0.2, 0.25) is 0 Å². The molecule has 0 heterocycles. The molecule has 1 aliphatic rings. The Morgan fingerprint density at radius 1 is 1.21 bits per heavy atom. The Bertz CT molecular complexity index is 141. The number of methoxy groups -OCH3 is 1. The number of alkyl halides is 1. The van der Waals surface area contributed by atoms with Crippen LogP contribution in [-0.4, -0.2) is 32.3 Å². The van der Waals surface area contributed by atoms with Crippen LogP contribution in [-0.2, 0) is 9.47 Å². The van der Waals surface area contributed by atoms with Gasteiger partial charge in [0.05, 0.1) is 13.2 Å². The van der Waals surface area contributed by atoms with Gasteiger partial charge in [-0.25, -0.2) is 0 Å². The molecule has 0 N–H and O–H groups in total. The van der Waals surface area contributed by atoms with Crippen molar-refractivity contribution in [2.45, 2.75) is 37.5 Å². The van der Waals surface area contributed by atoms with E-state index in [0.717, 1.165) is 18.9 Å². The zero-order valence-corrected chi connectivity index (χ0v) is 9.76. The molecule has 2 unspecified atom stereocenters. The predicted molar refractivity (Wildman–Crippen MR) is 58.9 cm³/mol. The van der Waals surface area contributed by atoms with E-state index in [0.29, 0.717) is 18.6 Å². The van der Waals surface area contributed by atoms with Crippen LogP contribution in [0.3, 0.4) is 0 Å². The van der Waals surface area contributed by atoms with Crippen LogP contribution in [0.2, 0.25) is 0 Å². The van der Waals surface area contributed by atoms with Crippen LogP contribution in [0.1, 0.15) is 32.1 Å². The summed E-state index contributed by atoms with van der Waals surface area (Å²) < 4.78 is 10.3. The number of halogens is 1. The fraction of sp³-hybridized carbons (Fsp3) is 1.00. The van der Waals surface area contributed by atoms with Crippen molar-refractivity contribution in [2.75, 3.05) is 26.9 Å². The molecule has 1 aliphatic carbocycles. The van der Waals surface area contributed by atoms with Gasteiger partial charge in [-0.2, -0.15) is 0 Å². The summed E-state index contributed by atoms with van der Waals surface area (Å²) in [4.78, 5) is 0. The van der Waals surface area contributed by atoms with Gasteiger partial charge >= 0.3 is 0 Å². The molecule has 0 amide bonds. The van der Waals surface area contributed by atoms with E-state index < -0.39 is 0 Å². The summed E-state index contributed by atoms with van der Waals surface area (Å²) in [5.74, 6) is 0.739. The number of ether oxygens (including phenoxy) is 2. The molecule has 2 nitrogen and oxygen atoms in total. The molecule has 14 heavy (non-hydrogen) atoms. The Kier molecular flexibility index (Phi) is 6.57. The van der Waals surface area contributed by atoms with Gasteiger partial charge in [-0.3, -0.25) is 0 Å². The fourth-order valence-corrected chi connectivity index (χ4v) is 2.41. The first kappa shape index (κ1) is 12.3. The molecule has 0 aromatic carbocycles. The van der Waals surface area contributed by atoms with E-state index in [2.05, 4.69) is 0 Å². The average Bonchev–Trinajstić information content (AvgIpc) is 2.58. The second-order valence-corrected chi connectivity index (χ2v) is 4.51. The first-order valence-electron chi connectivity index (χ1n) is 5.55. The zero-order chi connectivity index (χ0) is 10.2. The number of hydrogen-bond acceptors (Lipinski definition) is 2. The van der Waals surface area contributed by atoms with E-state index in [1.54, 1.807) is 7.11 Å². The third-order valence-electron chi connectivity index (χ3n) is 2.86. The SMILES string of the molecule is COCCOCCCC1CCCC1Cl. The highest BCUT2D eigenvalue weighted by atomic mass is 35.5. The molecule has 84 valence electrons. The van der Waals surface area contributed by atoms with Crippen molar-refractivity contribution in [3.63, 3.8) is 0 Å². The predicted octanol–water partition coefficient (Wildman–Crippen LogP) is 2.84. The van der Waals surface area contributed by atoms with Crippen LogP contribution in [0.15, 0.2) is 0 Å². The summed E-state index contributed by atoms with van der Waals surface area (Å²) in [5, 5.41) is 0.425. The normalized spacial score (nSPS) is 27.0. The lowest BCUT2D eigenvalue weighted by Crippen LogP contribution is -2.09. The molecular formula is C11H21ClO2. The lowest BCUT2D eigenvalue weighted by atomic mass is 10.0. The van der Waals surface area contributed by atoms with E-state index >= 15 is 0 Å². The molecule has 1 saturated carbocycles. The molecular weight excluding hydrogens is 200 g/mol. The van der Waals surface area contributed by atoms with Crippen LogP contribution < -0.4 is 0 Å². The Labute approximate surface area is 91.9 Å². The molecule has 1 rings (SSSR count). The summed E-state index contributed by atoms with van der Waals surface area (Å²) in [6.45, 7) is 2.26. The molecule has 0 spiro atoms. The smallest absolute Gasteiger partial charge is 0.0700 e. The maximum atomic E-state index is 6.18. The Morgan fingerprint density at radius 2 is 2.07 bits per heavy atom. The Balaban J connectivity index is 1.88. The summed E-state index contributed by atoms with van der Waals surface area (Å²) in [6, 6.07) is 0. The minimum atomic E-state index is 0.425. The largest absolute Gasteiger partial charge is 0.382 e. The fourth-order valence-electron chi connectivity index (χ4n) is 2.01. The Hall–Kier alpha value is 0.210. The first-order valence-corrected chi connectivity index (χ1v) is 5.99. The molecule has 0 aliphatic heterocycles. The van der Waals surface area contributed by atoms with Gasteiger partial charge in [-0.15, -0.1) is 11.6 Å². The van der Waals surface area contributed by atoms with Crippen molar-refractivity contribution >= 4 is 11.6 Å². The van der Waals surface area contributed by atoms with E-state index in [1.165, 1.54) is 25.7 Å². The van der Waals surface area contributed by atoms with Crippen LogP contribution in [0, 0.1) is 5.92 Å². The minimum absolute atomic E-state index is 0.425. The van der Waals surface area contributed by atoms with E-state index in [9.17, 15) is 0 Å². The summed E-state index contributed by atoms with van der Waals surface area (Å²) >= 11 is 6.18. The lowest BCUT2D eigenvalue weighted by Gasteiger charge is -2.12. The van der Waals surface area contributed by atoms with Gasteiger partial charge in [0.25, 0.3) is 0 Å². The van der Waals surface area contributed by atoms with Gasteiger partial charge in [0, 0.05) is 19.1 Å². The molecule has 0 aromatic heterocycles. The molecule has 0 bridgehead atoms. The van der Waals surface area contributed by atoms with Crippen LogP contribution in [0.25, 0.3) is 0 Å². The first-order chi connectivity index (χ1) is 6.84. The third-order valence-corrected chi connectivity index (χ3v) is 3.44. The average molecular weight is 221 g/mol. The molecule has 0 radical (unpaired) electrons. The standard InChI is InChI=1S/C11H21ClO2/c1-13-8-9-14-7-3-5-10-4-2-6-11(10)12/h10-11H,2-9H2,1H3. The highest BCUT2D eigenvalue weighted by molar-refractivity contribution is 6.20. The van der Waals surface area contributed by atoms with Crippen molar-refractivity contribution in [1.82, 2.24) is 0 Å². The van der Waals surface area contributed by atoms with Crippen LogP contribution in [0.5, 0.6) is 0 Å². The summed E-state index contributed by atoms with van der Waals surface area (Å²) in [5.41, 5.74) is 0. The van der Waals surface area contributed by atoms with Crippen LogP contribution in [0.4, 0.5) is 0 Å². The van der Waals surface area contributed by atoms with E-state index in [1.807, 2.05) is 0 Å². The van der Waals surface area contributed by atoms with E-state index in [4.69, 9.17) is 21.1 Å². The third kappa shape index (κ3) is 4.63. The van der Waals surface area contributed by atoms with Crippen LogP contribution >= 0.6 is 11.6 Å². The van der Waals surface area contributed by atoms with E-state index in [-0.39, 0.29) is 0 Å². The molecule has 3 heteroatoms. The highest BCUT2D eigenvalue weighted by Crippen LogP contribution is 2.33. The Morgan fingerprint density at radius 3 is 2.71 bits per heavy atom. The maximum absolute atomic E-state index is 6.18. The number of hydrogen-bond donors (Lipinski definition) is 0. The van der Waals surface area contributed by atoms with Gasteiger partial charge in [-0.1, -0.05) is 6.42 Å². The second kappa shape index (κ2) is 7.49. The highest BCUT2D eigenvalue weighted by Gasteiger charge is 2.24. The van der Waals surface area contributed by atoms with Crippen molar-refractivity contribution < 1.29 is 9.47 Å². The lowest BCUT2D eigenvalue weighted by molar-refractivity contribution is 0.0673. The second-order valence-electron chi connectivity index (χ2n) is 3.95. The monoisotopic (exact) mass is 220 g/mol. The van der Waals surface area contributed by atoms with Gasteiger partial charge in [0.15, 0.2) is 0 Å². The van der Waals surface area contributed by atoms with Crippen molar-refractivity contribution in [3.05, 3.63) is 0 Å². The van der Waals surface area contributed by atoms with Crippen molar-refractivity contribution in [2.24, 2.45) is 5.92 Å². The summed E-state index contributed by atoms with van der Waals surface area (Å²) in [7, 11) is 1.69. The maximum Gasteiger partial charge on any atom is 0.0700 e. The zero-order valence-electron chi connectivity index (χ0n) is 9.01. The summed E-state index contributed by atoms with van der Waals surface area (Å²) in [6.07, 6.45) is 6.19. The molecule has 1 fully saturated rings. The van der Waals surface area contributed by atoms with Crippen molar-refractivity contribution in [3.8, 4) is 0 Å². The van der Waals surface area contributed by atoms with Gasteiger partial charge in [0.1, 0.15) is 0 Å². The number of rotatable bonds is 7. The topological polar surface area (TPSA) is 18.5 Å².